The third kappa shape index (κ3) is 2.50. The van der Waals surface area contributed by atoms with Crippen LogP contribution in [0.5, 0.6) is 0 Å². The van der Waals surface area contributed by atoms with Crippen LogP contribution in [0.15, 0.2) is 16.9 Å². The first-order chi connectivity index (χ1) is 10.1. The summed E-state index contributed by atoms with van der Waals surface area (Å²) in [5.41, 5.74) is 0.337. The molecule has 1 N–H and O–H groups in total. The van der Waals surface area contributed by atoms with Crippen LogP contribution in [-0.2, 0) is 6.42 Å². The topological polar surface area (TPSA) is 50.2 Å². The summed E-state index contributed by atoms with van der Waals surface area (Å²) in [5.74, 6) is 0.707. The fourth-order valence-electron chi connectivity index (χ4n) is 2.63. The van der Waals surface area contributed by atoms with E-state index in [1.54, 1.807) is 16.8 Å². The molecular formula is C14H16Cl2N4O. The number of hydrogen-bond acceptors (Lipinski definition) is 4. The molecule has 1 aromatic carbocycles. The molecule has 2 heterocycles. The van der Waals surface area contributed by atoms with Crippen LogP contribution in [-0.4, -0.2) is 35.8 Å². The van der Waals surface area contributed by atoms with Gasteiger partial charge in [0, 0.05) is 32.6 Å². The van der Waals surface area contributed by atoms with Crippen LogP contribution in [0.2, 0.25) is 10.0 Å². The van der Waals surface area contributed by atoms with Crippen molar-refractivity contribution in [3.63, 3.8) is 0 Å². The molecular weight excluding hydrogens is 311 g/mol. The molecule has 112 valence electrons. The van der Waals surface area contributed by atoms with E-state index in [1.807, 2.05) is 11.9 Å². The van der Waals surface area contributed by atoms with Crippen LogP contribution in [0, 0.1) is 0 Å². The van der Waals surface area contributed by atoms with E-state index in [-0.39, 0.29) is 5.56 Å². The van der Waals surface area contributed by atoms with Gasteiger partial charge in [0.05, 0.1) is 20.9 Å². The fourth-order valence-corrected chi connectivity index (χ4v) is 3.06. The number of halogens is 2. The highest BCUT2D eigenvalue weighted by atomic mass is 35.5. The number of hydrogen-bond donors (Lipinski definition) is 1. The number of rotatable bonds is 2. The van der Waals surface area contributed by atoms with Crippen LogP contribution >= 0.6 is 23.2 Å². The molecule has 1 aliphatic heterocycles. The maximum Gasteiger partial charge on any atom is 0.281 e. The first-order valence-corrected chi connectivity index (χ1v) is 7.74. The Balaban J connectivity index is 2.30. The second kappa shape index (κ2) is 5.83. The molecule has 0 aliphatic carbocycles. The molecule has 7 heteroatoms. The second-order valence-corrected chi connectivity index (χ2v) is 5.77. The molecule has 0 spiro atoms. The molecule has 1 fully saturated rings. The molecule has 5 nitrogen and oxygen atoms in total. The molecule has 2 aromatic rings. The van der Waals surface area contributed by atoms with Crippen molar-refractivity contribution in [2.24, 2.45) is 0 Å². The molecule has 1 saturated heterocycles. The first-order valence-electron chi connectivity index (χ1n) is 6.99. The van der Waals surface area contributed by atoms with Gasteiger partial charge in [-0.15, -0.1) is 0 Å². The number of aromatic nitrogens is 2. The third-order valence-electron chi connectivity index (χ3n) is 3.66. The van der Waals surface area contributed by atoms with Crippen molar-refractivity contribution in [1.29, 1.82) is 0 Å². The number of aryl methyl sites for hydroxylation is 1. The number of nitrogens with one attached hydrogen (secondary N) is 1. The van der Waals surface area contributed by atoms with Crippen LogP contribution in [0.4, 0.5) is 0 Å². The van der Waals surface area contributed by atoms with Crippen molar-refractivity contribution >= 4 is 34.1 Å². The summed E-state index contributed by atoms with van der Waals surface area (Å²) in [6, 6.07) is 3.32. The van der Waals surface area contributed by atoms with Crippen molar-refractivity contribution in [3.8, 4) is 0 Å². The zero-order valence-electron chi connectivity index (χ0n) is 11.7. The Morgan fingerprint density at radius 2 is 1.90 bits per heavy atom. The minimum Gasteiger partial charge on any atom is -0.313 e. The van der Waals surface area contributed by atoms with Gasteiger partial charge in [-0.1, -0.05) is 30.1 Å². The summed E-state index contributed by atoms with van der Waals surface area (Å²) < 4.78 is 1.66. The Hall–Kier alpha value is -1.30. The fraction of sp³-hybridized carbons (Fsp3) is 0.429. The monoisotopic (exact) mass is 326 g/mol. The average Bonchev–Trinajstić information content (AvgIpc) is 2.51. The van der Waals surface area contributed by atoms with Crippen molar-refractivity contribution in [3.05, 3.63) is 38.4 Å². The lowest BCUT2D eigenvalue weighted by atomic mass is 10.2. The van der Waals surface area contributed by atoms with E-state index in [0.29, 0.717) is 33.2 Å². The van der Waals surface area contributed by atoms with E-state index >= 15 is 0 Å². The highest BCUT2D eigenvalue weighted by molar-refractivity contribution is 6.39. The maximum atomic E-state index is 12.9. The molecule has 0 atom stereocenters. The van der Waals surface area contributed by atoms with Gasteiger partial charge in [-0.25, -0.2) is 9.66 Å². The van der Waals surface area contributed by atoms with E-state index in [2.05, 4.69) is 10.3 Å². The lowest BCUT2D eigenvalue weighted by molar-refractivity contribution is 0.468. The molecule has 0 radical (unpaired) electrons. The zero-order chi connectivity index (χ0) is 15.0. The smallest absolute Gasteiger partial charge is 0.281 e. The zero-order valence-corrected chi connectivity index (χ0v) is 13.2. The Kier molecular flexibility index (Phi) is 4.06. The van der Waals surface area contributed by atoms with E-state index in [4.69, 9.17) is 23.2 Å². The van der Waals surface area contributed by atoms with Gasteiger partial charge >= 0.3 is 0 Å². The Morgan fingerprint density at radius 3 is 2.57 bits per heavy atom. The summed E-state index contributed by atoms with van der Waals surface area (Å²) in [5, 5.41) is 6.52. The molecule has 1 aromatic heterocycles. The van der Waals surface area contributed by atoms with Crippen molar-refractivity contribution in [2.75, 3.05) is 31.2 Å². The van der Waals surface area contributed by atoms with Crippen LogP contribution in [0.3, 0.4) is 0 Å². The first kappa shape index (κ1) is 14.6. The van der Waals surface area contributed by atoms with Crippen molar-refractivity contribution < 1.29 is 0 Å². The van der Waals surface area contributed by atoms with Crippen LogP contribution < -0.4 is 15.9 Å². The highest BCUT2D eigenvalue weighted by Gasteiger charge is 2.20. The minimum absolute atomic E-state index is 0.147. The van der Waals surface area contributed by atoms with E-state index in [0.717, 1.165) is 26.2 Å². The lowest BCUT2D eigenvalue weighted by Gasteiger charge is -2.32. The average molecular weight is 327 g/mol. The quantitative estimate of drug-likeness (QED) is 0.914. The lowest BCUT2D eigenvalue weighted by Crippen LogP contribution is -2.53. The summed E-state index contributed by atoms with van der Waals surface area (Å²) in [4.78, 5) is 17.5. The molecule has 0 amide bonds. The van der Waals surface area contributed by atoms with Crippen molar-refractivity contribution in [1.82, 2.24) is 15.0 Å². The van der Waals surface area contributed by atoms with Gasteiger partial charge in [-0.3, -0.25) is 4.79 Å². The van der Waals surface area contributed by atoms with Gasteiger partial charge < -0.3 is 10.3 Å². The minimum atomic E-state index is -0.147. The second-order valence-electron chi connectivity index (χ2n) is 4.96. The molecule has 3 rings (SSSR count). The van der Waals surface area contributed by atoms with E-state index in [1.165, 1.54) is 0 Å². The summed E-state index contributed by atoms with van der Waals surface area (Å²) in [6.45, 7) is 5.19. The molecule has 1 aliphatic rings. The van der Waals surface area contributed by atoms with Gasteiger partial charge in [-0.05, 0) is 12.1 Å². The Bertz CT molecular complexity index is 738. The summed E-state index contributed by atoms with van der Waals surface area (Å²) >= 11 is 12.4. The normalized spacial score (nSPS) is 15.7. The Labute approximate surface area is 132 Å². The van der Waals surface area contributed by atoms with Crippen LogP contribution in [0.1, 0.15) is 12.7 Å². The van der Waals surface area contributed by atoms with Gasteiger partial charge in [0.1, 0.15) is 5.82 Å². The number of fused-ring (bicyclic) bond motifs is 1. The van der Waals surface area contributed by atoms with Gasteiger partial charge in [-0.2, -0.15) is 0 Å². The van der Waals surface area contributed by atoms with Gasteiger partial charge in [0.25, 0.3) is 5.56 Å². The molecule has 21 heavy (non-hydrogen) atoms. The third-order valence-corrected chi connectivity index (χ3v) is 4.28. The summed E-state index contributed by atoms with van der Waals surface area (Å²) in [6.07, 6.45) is 0.651. The van der Waals surface area contributed by atoms with Crippen molar-refractivity contribution in [2.45, 2.75) is 13.3 Å². The standard InChI is InChI=1S/C14H16Cl2N4O/c1-2-11-18-13-10(16)4-3-9(15)12(13)14(21)20(11)19-7-5-17-6-8-19/h3-4,17H,2,5-8H2,1H3. The van der Waals surface area contributed by atoms with E-state index in [9.17, 15) is 4.79 Å². The van der Waals surface area contributed by atoms with Crippen LogP contribution in [0.25, 0.3) is 10.9 Å². The van der Waals surface area contributed by atoms with E-state index < -0.39 is 0 Å². The maximum absolute atomic E-state index is 12.9. The number of piperazine rings is 1. The highest BCUT2D eigenvalue weighted by Crippen LogP contribution is 2.26. The SMILES string of the molecule is CCc1nc2c(Cl)ccc(Cl)c2c(=O)n1N1CCNCC1. The number of benzene rings is 1. The van der Waals surface area contributed by atoms with Gasteiger partial charge in [0.15, 0.2) is 0 Å². The van der Waals surface area contributed by atoms with Gasteiger partial charge in [0.2, 0.25) is 0 Å². The molecule has 0 unspecified atom stereocenters. The Morgan fingerprint density at radius 1 is 1.24 bits per heavy atom. The predicted octanol–water partition coefficient (Wildman–Crippen LogP) is 1.81. The molecule has 0 saturated carbocycles. The predicted molar refractivity (Wildman–Crippen MR) is 86.2 cm³/mol. The number of nitrogens with zero attached hydrogens (tertiary/aromatic N) is 3. The summed E-state index contributed by atoms with van der Waals surface area (Å²) in [7, 11) is 0. The molecule has 0 bridgehead atoms. The largest absolute Gasteiger partial charge is 0.313 e.